The van der Waals surface area contributed by atoms with Crippen LogP contribution in [-0.4, -0.2) is 51.4 Å². The van der Waals surface area contributed by atoms with Crippen molar-refractivity contribution in [2.24, 2.45) is 4.99 Å². The zero-order valence-corrected chi connectivity index (χ0v) is 15.3. The van der Waals surface area contributed by atoms with Gasteiger partial charge in [-0.3, -0.25) is 0 Å². The molecule has 0 spiro atoms. The average Bonchev–Trinajstić information content (AvgIpc) is 3.07. The van der Waals surface area contributed by atoms with Crippen LogP contribution < -0.4 is 15.4 Å². The minimum atomic E-state index is -3.15. The fraction of sp³-hybridized carbons (Fsp3) is 0.667. The molecule has 1 unspecified atom stereocenters. The quantitative estimate of drug-likeness (QED) is 0.272. The highest BCUT2D eigenvalue weighted by Crippen LogP contribution is 2.20. The summed E-state index contributed by atoms with van der Waals surface area (Å²) in [5.74, 6) is 1.09. The maximum Gasteiger partial charge on any atom is 0.211 e. The van der Waals surface area contributed by atoms with Gasteiger partial charge in [0.05, 0.1) is 18.6 Å². The van der Waals surface area contributed by atoms with Crippen molar-refractivity contribution in [1.82, 2.24) is 15.4 Å². The van der Waals surface area contributed by atoms with Crippen molar-refractivity contribution in [2.45, 2.75) is 32.8 Å². The molecule has 0 amide bonds. The third-order valence-electron chi connectivity index (χ3n) is 3.29. The zero-order valence-electron chi connectivity index (χ0n) is 14.5. The lowest BCUT2D eigenvalue weighted by Crippen LogP contribution is -2.40. The lowest BCUT2D eigenvalue weighted by atomic mass is 10.0. The molecule has 0 aliphatic carbocycles. The second-order valence-electron chi connectivity index (χ2n) is 5.52. The van der Waals surface area contributed by atoms with Crippen molar-refractivity contribution in [3.8, 4) is 0 Å². The van der Waals surface area contributed by atoms with Crippen LogP contribution in [0.15, 0.2) is 27.8 Å². The van der Waals surface area contributed by atoms with Gasteiger partial charge in [0.2, 0.25) is 10.0 Å². The van der Waals surface area contributed by atoms with Crippen molar-refractivity contribution < 1.29 is 17.9 Å². The molecule has 1 heterocycles. The van der Waals surface area contributed by atoms with Crippen molar-refractivity contribution >= 4 is 16.0 Å². The highest BCUT2D eigenvalue weighted by Gasteiger charge is 2.26. The number of nitrogens with one attached hydrogen (secondary N) is 3. The highest BCUT2D eigenvalue weighted by molar-refractivity contribution is 7.89. The summed E-state index contributed by atoms with van der Waals surface area (Å²) in [6.07, 6.45) is 2.13. The summed E-state index contributed by atoms with van der Waals surface area (Å²) in [7, 11) is -3.15. The third kappa shape index (κ3) is 7.33. The molecule has 9 heteroatoms. The second kappa shape index (κ2) is 9.65. The molecule has 1 aromatic heterocycles. The normalized spacial score (nSPS) is 15.1. The molecule has 0 radical (unpaired) electrons. The summed E-state index contributed by atoms with van der Waals surface area (Å²) in [5.41, 5.74) is -1.19. The Labute approximate surface area is 143 Å². The molecule has 0 saturated carbocycles. The van der Waals surface area contributed by atoms with E-state index in [2.05, 4.69) is 20.3 Å². The molecule has 0 aliphatic rings. The standard InChI is InChI=1S/C15H28N4O4S/c1-4-16-14(17-9-7-10-19-24(21,22)5-2)18-12-15(3,20)13-8-6-11-23-13/h6,8,11,19-20H,4-5,7,9-10,12H2,1-3H3,(H2,16,17,18). The van der Waals surface area contributed by atoms with E-state index in [-0.39, 0.29) is 12.3 Å². The van der Waals surface area contributed by atoms with E-state index in [9.17, 15) is 13.5 Å². The van der Waals surface area contributed by atoms with Crippen molar-refractivity contribution in [1.29, 1.82) is 0 Å². The number of aliphatic imine (C=N–C) groups is 1. The van der Waals surface area contributed by atoms with Gasteiger partial charge in [0.25, 0.3) is 0 Å². The van der Waals surface area contributed by atoms with E-state index in [0.717, 1.165) is 0 Å². The molecular weight excluding hydrogens is 332 g/mol. The molecule has 0 fully saturated rings. The van der Waals surface area contributed by atoms with Crippen LogP contribution in [0.2, 0.25) is 0 Å². The smallest absolute Gasteiger partial charge is 0.211 e. The van der Waals surface area contributed by atoms with Crippen LogP contribution in [0.4, 0.5) is 0 Å². The molecular formula is C15H28N4O4S. The number of rotatable bonds is 10. The maximum atomic E-state index is 11.3. The van der Waals surface area contributed by atoms with Crippen LogP contribution in [0.5, 0.6) is 0 Å². The fourth-order valence-electron chi connectivity index (χ4n) is 1.86. The van der Waals surface area contributed by atoms with E-state index >= 15 is 0 Å². The largest absolute Gasteiger partial charge is 0.466 e. The van der Waals surface area contributed by atoms with Gasteiger partial charge in [-0.2, -0.15) is 0 Å². The van der Waals surface area contributed by atoms with Gasteiger partial charge in [-0.1, -0.05) is 0 Å². The van der Waals surface area contributed by atoms with E-state index < -0.39 is 15.6 Å². The molecule has 0 aromatic carbocycles. The first-order chi connectivity index (χ1) is 11.3. The van der Waals surface area contributed by atoms with Gasteiger partial charge in [-0.25, -0.2) is 18.1 Å². The van der Waals surface area contributed by atoms with Crippen LogP contribution in [0.25, 0.3) is 0 Å². The Kier molecular flexibility index (Phi) is 8.23. The number of hydrogen-bond acceptors (Lipinski definition) is 5. The van der Waals surface area contributed by atoms with Gasteiger partial charge in [0.15, 0.2) is 5.96 Å². The van der Waals surface area contributed by atoms with Crippen LogP contribution >= 0.6 is 0 Å². The molecule has 1 rings (SSSR count). The highest BCUT2D eigenvalue weighted by atomic mass is 32.2. The third-order valence-corrected chi connectivity index (χ3v) is 4.69. The number of nitrogens with zero attached hydrogens (tertiary/aromatic N) is 1. The first-order valence-electron chi connectivity index (χ1n) is 8.06. The summed E-state index contributed by atoms with van der Waals surface area (Å²) in [4.78, 5) is 4.35. The summed E-state index contributed by atoms with van der Waals surface area (Å²) < 4.78 is 30.4. The summed E-state index contributed by atoms with van der Waals surface area (Å²) in [6.45, 7) is 6.92. The van der Waals surface area contributed by atoms with E-state index in [1.807, 2.05) is 6.92 Å². The molecule has 4 N–H and O–H groups in total. The van der Waals surface area contributed by atoms with Gasteiger partial charge in [-0.05, 0) is 39.3 Å². The van der Waals surface area contributed by atoms with Crippen molar-refractivity contribution in [3.63, 3.8) is 0 Å². The lowest BCUT2D eigenvalue weighted by Gasteiger charge is -2.19. The summed E-state index contributed by atoms with van der Waals surface area (Å²) >= 11 is 0. The molecule has 138 valence electrons. The number of aliphatic hydroxyl groups is 1. The van der Waals surface area contributed by atoms with Crippen molar-refractivity contribution in [2.75, 3.05) is 31.9 Å². The van der Waals surface area contributed by atoms with Crippen molar-refractivity contribution in [3.05, 3.63) is 24.2 Å². The fourth-order valence-corrected chi connectivity index (χ4v) is 2.52. The Balaban J connectivity index is 2.45. The minimum Gasteiger partial charge on any atom is -0.466 e. The number of guanidine groups is 1. The Morgan fingerprint density at radius 2 is 2.08 bits per heavy atom. The lowest BCUT2D eigenvalue weighted by molar-refractivity contribution is 0.0437. The maximum absolute atomic E-state index is 11.3. The van der Waals surface area contributed by atoms with Crippen LogP contribution in [0.3, 0.4) is 0 Å². The Hall–Kier alpha value is -1.58. The number of furan rings is 1. The molecule has 1 atom stereocenters. The molecule has 24 heavy (non-hydrogen) atoms. The van der Waals surface area contributed by atoms with E-state index in [1.54, 1.807) is 26.0 Å². The van der Waals surface area contributed by atoms with Crippen LogP contribution in [0, 0.1) is 0 Å². The molecule has 8 nitrogen and oxygen atoms in total. The predicted octanol–water partition coefficient (Wildman–Crippen LogP) is 0.372. The van der Waals surface area contributed by atoms with E-state index in [1.165, 1.54) is 6.26 Å². The minimum absolute atomic E-state index is 0.0758. The Bertz CT molecular complexity index is 597. The van der Waals surface area contributed by atoms with E-state index in [0.29, 0.717) is 37.8 Å². The van der Waals surface area contributed by atoms with Crippen LogP contribution in [0.1, 0.15) is 33.0 Å². The number of sulfonamides is 1. The zero-order chi connectivity index (χ0) is 18.1. The van der Waals surface area contributed by atoms with E-state index in [4.69, 9.17) is 4.42 Å². The van der Waals surface area contributed by atoms with Crippen LogP contribution in [-0.2, 0) is 15.6 Å². The molecule has 0 aliphatic heterocycles. The predicted molar refractivity (Wildman–Crippen MR) is 94.3 cm³/mol. The SMILES string of the molecule is CCNC(=NCC(C)(O)c1ccco1)NCCCNS(=O)(=O)CC. The van der Waals surface area contributed by atoms with Gasteiger partial charge in [0.1, 0.15) is 11.4 Å². The molecule has 0 bridgehead atoms. The van der Waals surface area contributed by atoms with Gasteiger partial charge < -0.3 is 20.2 Å². The Morgan fingerprint density at radius 1 is 1.33 bits per heavy atom. The summed E-state index contributed by atoms with van der Waals surface area (Å²) in [6, 6.07) is 3.42. The topological polar surface area (TPSA) is 116 Å². The average molecular weight is 360 g/mol. The van der Waals surface area contributed by atoms with Gasteiger partial charge in [0, 0.05) is 19.6 Å². The molecule has 1 aromatic rings. The number of hydrogen-bond donors (Lipinski definition) is 4. The van der Waals surface area contributed by atoms with Gasteiger partial charge >= 0.3 is 0 Å². The van der Waals surface area contributed by atoms with Gasteiger partial charge in [-0.15, -0.1) is 0 Å². The molecule has 0 saturated heterocycles. The first kappa shape index (κ1) is 20.5. The second-order valence-corrected chi connectivity index (χ2v) is 7.62. The monoisotopic (exact) mass is 360 g/mol. The summed E-state index contributed by atoms with van der Waals surface area (Å²) in [5, 5.41) is 16.6. The first-order valence-corrected chi connectivity index (χ1v) is 9.72. The Morgan fingerprint density at radius 3 is 2.67 bits per heavy atom.